The van der Waals surface area contributed by atoms with Gasteiger partial charge in [-0.25, -0.2) is 9.97 Å². The summed E-state index contributed by atoms with van der Waals surface area (Å²) in [7, 11) is 1.65. The number of benzene rings is 2. The van der Waals surface area contributed by atoms with E-state index in [2.05, 4.69) is 20.2 Å². The van der Waals surface area contributed by atoms with Crippen LogP contribution < -0.4 is 4.74 Å². The van der Waals surface area contributed by atoms with Crippen LogP contribution in [0.15, 0.2) is 58.8 Å². The van der Waals surface area contributed by atoms with E-state index in [1.807, 2.05) is 62.4 Å². The van der Waals surface area contributed by atoms with Crippen LogP contribution in [0, 0.1) is 6.92 Å². The van der Waals surface area contributed by atoms with Crippen LogP contribution in [0.1, 0.15) is 24.4 Å². The molecule has 1 atom stereocenters. The molecule has 0 saturated heterocycles. The highest BCUT2D eigenvalue weighted by Crippen LogP contribution is 2.26. The van der Waals surface area contributed by atoms with Gasteiger partial charge in [-0.1, -0.05) is 24.3 Å². The number of ether oxygens (including phenoxy) is 1. The molecule has 5 heteroatoms. The summed E-state index contributed by atoms with van der Waals surface area (Å²) >= 11 is 0. The van der Waals surface area contributed by atoms with Gasteiger partial charge in [0.15, 0.2) is 5.82 Å². The Morgan fingerprint density at radius 3 is 2.48 bits per heavy atom. The SMILES string of the molecule is COc1ccc(C(C)N=Nc2nc(C)nc3ccccc23)cc1. The van der Waals surface area contributed by atoms with Crippen molar-refractivity contribution in [2.24, 2.45) is 10.2 Å². The van der Waals surface area contributed by atoms with Crippen LogP contribution in [-0.4, -0.2) is 17.1 Å². The van der Waals surface area contributed by atoms with Gasteiger partial charge in [0.05, 0.1) is 18.7 Å². The number of aromatic nitrogens is 2. The average Bonchev–Trinajstić information content (AvgIpc) is 2.59. The lowest BCUT2D eigenvalue weighted by Crippen LogP contribution is -1.91. The maximum absolute atomic E-state index is 5.17. The number of fused-ring (bicyclic) bond motifs is 1. The fourth-order valence-corrected chi connectivity index (χ4v) is 2.34. The summed E-state index contributed by atoms with van der Waals surface area (Å²) in [6.45, 7) is 3.86. The van der Waals surface area contributed by atoms with Crippen molar-refractivity contribution in [1.82, 2.24) is 9.97 Å². The second kappa shape index (κ2) is 6.52. The van der Waals surface area contributed by atoms with E-state index in [0.717, 1.165) is 22.2 Å². The van der Waals surface area contributed by atoms with Crippen LogP contribution in [-0.2, 0) is 0 Å². The minimum atomic E-state index is -0.0602. The average molecular weight is 306 g/mol. The van der Waals surface area contributed by atoms with E-state index in [4.69, 9.17) is 4.74 Å². The van der Waals surface area contributed by atoms with Crippen LogP contribution >= 0.6 is 0 Å². The first-order valence-corrected chi connectivity index (χ1v) is 7.45. The monoisotopic (exact) mass is 306 g/mol. The predicted molar refractivity (Wildman–Crippen MR) is 90.2 cm³/mol. The number of aryl methyl sites for hydroxylation is 1. The highest BCUT2D eigenvalue weighted by Gasteiger charge is 2.07. The number of rotatable bonds is 4. The van der Waals surface area contributed by atoms with Crippen molar-refractivity contribution in [2.45, 2.75) is 19.9 Å². The third-order valence-electron chi connectivity index (χ3n) is 3.62. The largest absolute Gasteiger partial charge is 0.497 e. The standard InChI is InChI=1S/C18H18N4O/c1-12(14-8-10-15(23-3)11-9-14)21-22-18-16-6-4-5-7-17(16)19-13(2)20-18/h4-12H,1-3H3. The molecule has 116 valence electrons. The number of methoxy groups -OCH3 is 1. The van der Waals surface area contributed by atoms with E-state index in [-0.39, 0.29) is 6.04 Å². The molecule has 0 radical (unpaired) electrons. The molecular formula is C18H18N4O. The molecule has 1 heterocycles. The summed E-state index contributed by atoms with van der Waals surface area (Å²) in [6, 6.07) is 15.6. The molecule has 0 spiro atoms. The zero-order chi connectivity index (χ0) is 16.2. The van der Waals surface area contributed by atoms with Crippen molar-refractivity contribution < 1.29 is 4.74 Å². The van der Waals surface area contributed by atoms with Crippen LogP contribution in [0.2, 0.25) is 0 Å². The summed E-state index contributed by atoms with van der Waals surface area (Å²) in [4.78, 5) is 8.82. The van der Waals surface area contributed by atoms with Gasteiger partial charge < -0.3 is 4.74 Å². The first-order chi connectivity index (χ1) is 11.2. The van der Waals surface area contributed by atoms with E-state index in [0.29, 0.717) is 11.6 Å². The van der Waals surface area contributed by atoms with Crippen LogP contribution in [0.4, 0.5) is 5.82 Å². The van der Waals surface area contributed by atoms with Gasteiger partial charge in [0.2, 0.25) is 0 Å². The first-order valence-electron chi connectivity index (χ1n) is 7.45. The summed E-state index contributed by atoms with van der Waals surface area (Å²) < 4.78 is 5.17. The lowest BCUT2D eigenvalue weighted by molar-refractivity contribution is 0.414. The second-order valence-electron chi connectivity index (χ2n) is 5.28. The Morgan fingerprint density at radius 2 is 1.74 bits per heavy atom. The van der Waals surface area contributed by atoms with Crippen LogP contribution in [0.3, 0.4) is 0 Å². The molecule has 1 aromatic heterocycles. The minimum Gasteiger partial charge on any atom is -0.497 e. The molecule has 0 N–H and O–H groups in total. The van der Waals surface area contributed by atoms with Crippen molar-refractivity contribution in [3.05, 3.63) is 59.9 Å². The van der Waals surface area contributed by atoms with Crippen molar-refractivity contribution in [2.75, 3.05) is 7.11 Å². The summed E-state index contributed by atoms with van der Waals surface area (Å²) in [5.41, 5.74) is 1.95. The predicted octanol–water partition coefficient (Wildman–Crippen LogP) is 4.79. The Balaban J connectivity index is 1.89. The molecule has 0 bridgehead atoms. The molecule has 3 rings (SSSR count). The quantitative estimate of drug-likeness (QED) is 0.651. The first kappa shape index (κ1) is 15.1. The highest BCUT2D eigenvalue weighted by molar-refractivity contribution is 5.87. The van der Waals surface area contributed by atoms with E-state index in [1.165, 1.54) is 0 Å². The van der Waals surface area contributed by atoms with Crippen LogP contribution in [0.25, 0.3) is 10.9 Å². The molecular weight excluding hydrogens is 288 g/mol. The summed E-state index contributed by atoms with van der Waals surface area (Å²) in [5.74, 6) is 2.12. The lowest BCUT2D eigenvalue weighted by atomic mass is 10.1. The van der Waals surface area contributed by atoms with Gasteiger partial charge in [-0.05, 0) is 43.7 Å². The number of hydrogen-bond donors (Lipinski definition) is 0. The van der Waals surface area contributed by atoms with Crippen LogP contribution in [0.5, 0.6) is 5.75 Å². The fraction of sp³-hybridized carbons (Fsp3) is 0.222. The zero-order valence-electron chi connectivity index (χ0n) is 13.4. The Labute approximate surface area is 135 Å². The minimum absolute atomic E-state index is 0.0602. The molecule has 0 fully saturated rings. The number of nitrogens with zero attached hydrogens (tertiary/aromatic N) is 4. The Hall–Kier alpha value is -2.82. The molecule has 2 aromatic carbocycles. The van der Waals surface area contributed by atoms with Crippen molar-refractivity contribution >= 4 is 16.7 Å². The lowest BCUT2D eigenvalue weighted by Gasteiger charge is -2.07. The van der Waals surface area contributed by atoms with E-state index in [9.17, 15) is 0 Å². The van der Waals surface area contributed by atoms with Gasteiger partial charge >= 0.3 is 0 Å². The van der Waals surface area contributed by atoms with Gasteiger partial charge in [-0.2, -0.15) is 5.11 Å². The summed E-state index contributed by atoms with van der Waals surface area (Å²) in [6.07, 6.45) is 0. The van der Waals surface area contributed by atoms with Gasteiger partial charge in [0.1, 0.15) is 11.6 Å². The zero-order valence-corrected chi connectivity index (χ0v) is 13.4. The highest BCUT2D eigenvalue weighted by atomic mass is 16.5. The Bertz CT molecular complexity index is 843. The topological polar surface area (TPSA) is 59.7 Å². The van der Waals surface area contributed by atoms with E-state index in [1.54, 1.807) is 7.11 Å². The molecule has 0 amide bonds. The van der Waals surface area contributed by atoms with E-state index >= 15 is 0 Å². The molecule has 3 aromatic rings. The molecule has 5 nitrogen and oxygen atoms in total. The second-order valence-corrected chi connectivity index (χ2v) is 5.28. The Morgan fingerprint density at radius 1 is 1.00 bits per heavy atom. The van der Waals surface area contributed by atoms with Crippen molar-refractivity contribution in [3.8, 4) is 5.75 Å². The molecule has 0 aliphatic rings. The van der Waals surface area contributed by atoms with Crippen molar-refractivity contribution in [3.63, 3.8) is 0 Å². The van der Waals surface area contributed by atoms with E-state index < -0.39 is 0 Å². The van der Waals surface area contributed by atoms with Crippen molar-refractivity contribution in [1.29, 1.82) is 0 Å². The fourth-order valence-electron chi connectivity index (χ4n) is 2.34. The summed E-state index contributed by atoms with van der Waals surface area (Å²) in [5, 5.41) is 9.67. The smallest absolute Gasteiger partial charge is 0.185 e. The van der Waals surface area contributed by atoms with Gasteiger partial charge in [0.25, 0.3) is 0 Å². The molecule has 0 aliphatic carbocycles. The third kappa shape index (κ3) is 3.34. The molecule has 23 heavy (non-hydrogen) atoms. The molecule has 0 saturated carbocycles. The Kier molecular flexibility index (Phi) is 4.28. The number of azo groups is 1. The van der Waals surface area contributed by atoms with Gasteiger partial charge in [-0.15, -0.1) is 5.11 Å². The maximum atomic E-state index is 5.17. The molecule has 0 aliphatic heterocycles. The van der Waals surface area contributed by atoms with Gasteiger partial charge in [0, 0.05) is 5.39 Å². The maximum Gasteiger partial charge on any atom is 0.185 e. The molecule has 1 unspecified atom stereocenters. The van der Waals surface area contributed by atoms with Gasteiger partial charge in [-0.3, -0.25) is 0 Å². The number of hydrogen-bond acceptors (Lipinski definition) is 5. The number of para-hydroxylation sites is 1. The third-order valence-corrected chi connectivity index (χ3v) is 3.62. The normalized spacial score (nSPS) is 12.7.